The highest BCUT2D eigenvalue weighted by atomic mass is 16.6. The molecule has 0 saturated carbocycles. The standard InChI is InChI=1S/C33H55N3O6/c1-4-6-7-8-9-10-11-12-13-14-15-16-18-21-34-32(38)41-26-29-23-31(40-25-29)27-42-33(39)36(28(3)37)24-30-20-17-19-22-35(30)5-2/h17,19-20,22,29,31H,4-16,18,21,23-27H2,1-3H3/p+1/t29-,31+/m1/s1. The zero-order chi connectivity index (χ0) is 30.4. The van der Waals surface area contributed by atoms with E-state index in [-0.39, 0.29) is 37.7 Å². The summed E-state index contributed by atoms with van der Waals surface area (Å²) in [7, 11) is 0. The van der Waals surface area contributed by atoms with E-state index in [9.17, 15) is 14.4 Å². The highest BCUT2D eigenvalue weighted by Crippen LogP contribution is 2.21. The van der Waals surface area contributed by atoms with Gasteiger partial charge in [-0.05, 0) is 19.8 Å². The van der Waals surface area contributed by atoms with E-state index in [0.29, 0.717) is 19.6 Å². The van der Waals surface area contributed by atoms with Crippen molar-refractivity contribution in [2.24, 2.45) is 5.92 Å². The van der Waals surface area contributed by atoms with Gasteiger partial charge in [-0.15, -0.1) is 0 Å². The minimum Gasteiger partial charge on any atom is -0.449 e. The average Bonchev–Trinajstić information content (AvgIpc) is 3.45. The van der Waals surface area contributed by atoms with Gasteiger partial charge < -0.3 is 19.5 Å². The van der Waals surface area contributed by atoms with Gasteiger partial charge in [-0.25, -0.2) is 19.1 Å². The fraction of sp³-hybridized carbons (Fsp3) is 0.758. The first-order valence-electron chi connectivity index (χ1n) is 16.4. The number of amides is 3. The van der Waals surface area contributed by atoms with E-state index >= 15 is 0 Å². The van der Waals surface area contributed by atoms with E-state index in [1.54, 1.807) is 0 Å². The molecule has 0 radical (unpaired) electrons. The van der Waals surface area contributed by atoms with Crippen LogP contribution in [0.2, 0.25) is 0 Å². The number of hydrogen-bond acceptors (Lipinski definition) is 6. The summed E-state index contributed by atoms with van der Waals surface area (Å²) in [6.45, 7) is 7.86. The third-order valence-electron chi connectivity index (χ3n) is 7.85. The molecule has 1 N–H and O–H groups in total. The number of hydrogen-bond donors (Lipinski definition) is 1. The highest BCUT2D eigenvalue weighted by molar-refractivity contribution is 5.90. The Morgan fingerprint density at radius 3 is 2.17 bits per heavy atom. The second-order valence-corrected chi connectivity index (χ2v) is 11.5. The number of imide groups is 1. The van der Waals surface area contributed by atoms with Crippen LogP contribution in [0.1, 0.15) is 116 Å². The molecule has 0 aliphatic carbocycles. The van der Waals surface area contributed by atoms with Crippen LogP contribution in [-0.4, -0.2) is 55.5 Å². The molecular formula is C33H56N3O6+. The monoisotopic (exact) mass is 590 g/mol. The predicted molar refractivity (Wildman–Crippen MR) is 163 cm³/mol. The Balaban J connectivity index is 1.49. The molecule has 0 bridgehead atoms. The summed E-state index contributed by atoms with van der Waals surface area (Å²) in [5.41, 5.74) is 0.842. The highest BCUT2D eigenvalue weighted by Gasteiger charge is 2.30. The van der Waals surface area contributed by atoms with E-state index in [1.165, 1.54) is 77.6 Å². The maximum atomic E-state index is 12.7. The number of rotatable bonds is 21. The Bertz CT molecular complexity index is 912. The van der Waals surface area contributed by atoms with E-state index in [1.807, 2.05) is 35.9 Å². The van der Waals surface area contributed by atoms with Gasteiger partial charge in [0.15, 0.2) is 6.20 Å². The molecule has 2 atom stereocenters. The van der Waals surface area contributed by atoms with Gasteiger partial charge in [-0.2, -0.15) is 0 Å². The van der Waals surface area contributed by atoms with E-state index in [0.717, 1.165) is 30.0 Å². The summed E-state index contributed by atoms with van der Waals surface area (Å²) < 4.78 is 18.5. The largest absolute Gasteiger partial charge is 0.449 e. The number of aromatic nitrogens is 1. The number of ether oxygens (including phenoxy) is 3. The first-order chi connectivity index (χ1) is 20.4. The molecule has 1 aliphatic heterocycles. The molecule has 1 aromatic heterocycles. The summed E-state index contributed by atoms with van der Waals surface area (Å²) in [5.74, 6) is -0.331. The van der Waals surface area contributed by atoms with Gasteiger partial charge in [0.25, 0.3) is 0 Å². The van der Waals surface area contributed by atoms with E-state index < -0.39 is 12.2 Å². The van der Waals surface area contributed by atoms with Gasteiger partial charge in [-0.1, -0.05) is 90.0 Å². The molecule has 1 fully saturated rings. The SMILES string of the molecule is CCCCCCCCCCCCCCCNC(=O)OC[C@H]1CO[C@H](COC(=O)N(Cc2cccc[n+]2CC)C(C)=O)C1. The zero-order valence-electron chi connectivity index (χ0n) is 26.5. The molecule has 1 aliphatic rings. The van der Waals surface area contributed by atoms with Gasteiger partial charge in [0.05, 0.1) is 19.3 Å². The Morgan fingerprint density at radius 2 is 1.55 bits per heavy atom. The Labute approximate surface area is 253 Å². The van der Waals surface area contributed by atoms with Crippen molar-refractivity contribution in [2.75, 3.05) is 26.4 Å². The number of carbonyl (C=O) groups is 3. The van der Waals surface area contributed by atoms with Crippen molar-refractivity contribution in [3.8, 4) is 0 Å². The van der Waals surface area contributed by atoms with Crippen LogP contribution < -0.4 is 9.88 Å². The molecule has 1 aromatic rings. The summed E-state index contributed by atoms with van der Waals surface area (Å²) >= 11 is 0. The lowest BCUT2D eigenvalue weighted by molar-refractivity contribution is -0.701. The van der Waals surface area contributed by atoms with Gasteiger partial charge >= 0.3 is 12.2 Å². The second kappa shape index (κ2) is 21.9. The van der Waals surface area contributed by atoms with E-state index in [2.05, 4.69) is 12.2 Å². The lowest BCUT2D eigenvalue weighted by Gasteiger charge is -2.19. The number of pyridine rings is 1. The molecule has 0 unspecified atom stereocenters. The molecule has 2 rings (SSSR count). The van der Waals surface area contributed by atoms with Crippen LogP contribution in [0.4, 0.5) is 9.59 Å². The summed E-state index contributed by atoms with van der Waals surface area (Å²) in [6, 6.07) is 5.66. The predicted octanol–water partition coefficient (Wildman–Crippen LogP) is 6.70. The molecule has 42 heavy (non-hydrogen) atoms. The van der Waals surface area contributed by atoms with Crippen LogP contribution in [0.25, 0.3) is 0 Å². The van der Waals surface area contributed by atoms with E-state index in [4.69, 9.17) is 14.2 Å². The van der Waals surface area contributed by atoms with Gasteiger partial charge in [-0.3, -0.25) is 4.79 Å². The second-order valence-electron chi connectivity index (χ2n) is 11.5. The molecule has 3 amide bonds. The average molecular weight is 591 g/mol. The molecule has 238 valence electrons. The number of alkyl carbamates (subject to hydrolysis) is 1. The van der Waals surface area contributed by atoms with Crippen LogP contribution >= 0.6 is 0 Å². The number of aryl methyl sites for hydroxylation is 1. The van der Waals surface area contributed by atoms with Crippen molar-refractivity contribution in [1.82, 2.24) is 10.2 Å². The summed E-state index contributed by atoms with van der Waals surface area (Å²) in [5, 5.41) is 2.84. The minimum absolute atomic E-state index is 0.0485. The smallest absolute Gasteiger partial charge is 0.417 e. The summed E-state index contributed by atoms with van der Waals surface area (Å²) in [4.78, 5) is 38.0. The van der Waals surface area contributed by atoms with Crippen molar-refractivity contribution in [3.63, 3.8) is 0 Å². The van der Waals surface area contributed by atoms with Crippen LogP contribution in [-0.2, 0) is 32.1 Å². The van der Waals surface area contributed by atoms with Crippen LogP contribution in [0.5, 0.6) is 0 Å². The van der Waals surface area contributed by atoms with Gasteiger partial charge in [0.1, 0.15) is 19.7 Å². The van der Waals surface area contributed by atoms with Crippen LogP contribution in [0.3, 0.4) is 0 Å². The zero-order valence-corrected chi connectivity index (χ0v) is 26.5. The number of unbranched alkanes of at least 4 members (excludes halogenated alkanes) is 12. The Morgan fingerprint density at radius 1 is 0.905 bits per heavy atom. The van der Waals surface area contributed by atoms with Gasteiger partial charge in [0.2, 0.25) is 11.6 Å². The first-order valence-corrected chi connectivity index (χ1v) is 16.4. The van der Waals surface area contributed by atoms with Crippen LogP contribution in [0.15, 0.2) is 24.4 Å². The fourth-order valence-electron chi connectivity index (χ4n) is 5.26. The molecule has 9 nitrogen and oxygen atoms in total. The quantitative estimate of drug-likeness (QED) is 0.126. The van der Waals surface area contributed by atoms with Crippen molar-refractivity contribution >= 4 is 18.1 Å². The molecule has 9 heteroatoms. The van der Waals surface area contributed by atoms with Gasteiger partial charge in [0, 0.05) is 31.5 Å². The molecule has 1 saturated heterocycles. The maximum absolute atomic E-state index is 12.7. The fourth-order valence-corrected chi connectivity index (χ4v) is 5.26. The topological polar surface area (TPSA) is 98.1 Å². The normalized spacial score (nSPS) is 16.3. The molecule has 0 aromatic carbocycles. The molecule has 0 spiro atoms. The number of carbonyl (C=O) groups excluding carboxylic acids is 3. The minimum atomic E-state index is -0.690. The first kappa shape index (κ1) is 35.5. The van der Waals surface area contributed by atoms with Crippen molar-refractivity contribution in [2.45, 2.75) is 130 Å². The maximum Gasteiger partial charge on any atom is 0.417 e. The third kappa shape index (κ3) is 15.0. The third-order valence-corrected chi connectivity index (χ3v) is 7.85. The van der Waals surface area contributed by atoms with Crippen molar-refractivity contribution in [1.29, 1.82) is 0 Å². The number of nitrogens with one attached hydrogen (secondary N) is 1. The molecular weight excluding hydrogens is 534 g/mol. The van der Waals surface area contributed by atoms with Crippen molar-refractivity contribution < 1.29 is 33.2 Å². The van der Waals surface area contributed by atoms with Crippen LogP contribution in [0, 0.1) is 5.92 Å². The van der Waals surface area contributed by atoms with Crippen molar-refractivity contribution in [3.05, 3.63) is 30.1 Å². The Hall–Kier alpha value is -2.68. The Kier molecular flexibility index (Phi) is 18.6. The lowest BCUT2D eigenvalue weighted by atomic mass is 10.0. The number of nitrogens with zero attached hydrogens (tertiary/aromatic N) is 2. The summed E-state index contributed by atoms with van der Waals surface area (Å²) in [6.07, 6.45) is 18.0. The molecule has 2 heterocycles. The lowest BCUT2D eigenvalue weighted by Crippen LogP contribution is -2.43.